The van der Waals surface area contributed by atoms with Gasteiger partial charge in [-0.15, -0.1) is 0 Å². The van der Waals surface area contributed by atoms with E-state index in [1.807, 2.05) is 0 Å². The number of benzene rings is 2. The Labute approximate surface area is 137 Å². The number of aromatic nitrogens is 2. The molecule has 0 radical (unpaired) electrons. The van der Waals surface area contributed by atoms with Crippen LogP contribution in [-0.4, -0.2) is 23.3 Å². The number of sulfonamides is 1. The van der Waals surface area contributed by atoms with E-state index in [0.29, 0.717) is 5.69 Å². The Morgan fingerprint density at radius 2 is 1.88 bits per heavy atom. The zero-order valence-electron chi connectivity index (χ0n) is 12.2. The molecule has 1 heterocycles. The maximum Gasteiger partial charge on any atom is 0.270 e. The summed E-state index contributed by atoms with van der Waals surface area (Å²) in [4.78, 5) is 16.8. The smallest absolute Gasteiger partial charge is 0.270 e. The van der Waals surface area contributed by atoms with Crippen molar-refractivity contribution < 1.29 is 13.3 Å². The molecule has 0 saturated heterocycles. The first kappa shape index (κ1) is 15.7. The summed E-state index contributed by atoms with van der Waals surface area (Å²) in [6, 6.07) is 11.6. The van der Waals surface area contributed by atoms with E-state index in [0.717, 1.165) is 17.3 Å². The SMILES string of the molecule is O=[N+]([O-])c1cccc(S(=O)(=O)Nc2ccc(-c3cnc[nH]3)cc2)c1. The highest BCUT2D eigenvalue weighted by Crippen LogP contribution is 2.23. The molecule has 3 aromatic rings. The number of hydrogen-bond donors (Lipinski definition) is 2. The van der Waals surface area contributed by atoms with Gasteiger partial charge in [0.2, 0.25) is 0 Å². The largest absolute Gasteiger partial charge is 0.345 e. The van der Waals surface area contributed by atoms with Gasteiger partial charge < -0.3 is 4.98 Å². The number of nitro benzene ring substituents is 1. The van der Waals surface area contributed by atoms with E-state index >= 15 is 0 Å². The van der Waals surface area contributed by atoms with Crippen LogP contribution in [-0.2, 0) is 10.0 Å². The van der Waals surface area contributed by atoms with Crippen LogP contribution in [0.4, 0.5) is 11.4 Å². The van der Waals surface area contributed by atoms with Crippen LogP contribution in [0.25, 0.3) is 11.3 Å². The molecule has 1 aromatic heterocycles. The Morgan fingerprint density at radius 1 is 1.12 bits per heavy atom. The predicted octanol–water partition coefficient (Wildman–Crippen LogP) is 2.79. The van der Waals surface area contributed by atoms with Crippen molar-refractivity contribution in [1.82, 2.24) is 9.97 Å². The number of nitro groups is 1. The fraction of sp³-hybridized carbons (Fsp3) is 0. The number of anilines is 1. The Balaban J connectivity index is 1.84. The second kappa shape index (κ2) is 6.13. The molecule has 0 spiro atoms. The minimum Gasteiger partial charge on any atom is -0.345 e. The number of hydrogen-bond acceptors (Lipinski definition) is 5. The van der Waals surface area contributed by atoms with Crippen molar-refractivity contribution in [3.05, 3.63) is 71.2 Å². The van der Waals surface area contributed by atoms with E-state index in [1.165, 1.54) is 18.2 Å². The molecule has 0 aliphatic rings. The van der Waals surface area contributed by atoms with Gasteiger partial charge in [-0.2, -0.15) is 0 Å². The van der Waals surface area contributed by atoms with Gasteiger partial charge in [0.05, 0.1) is 28.0 Å². The second-order valence-corrected chi connectivity index (χ2v) is 6.58. The standard InChI is InChI=1S/C15H12N4O4S/c20-19(21)13-2-1-3-14(8-13)24(22,23)18-12-6-4-11(5-7-12)15-9-16-10-17-15/h1-10,18H,(H,16,17). The lowest BCUT2D eigenvalue weighted by Crippen LogP contribution is -2.13. The molecule has 3 rings (SSSR count). The summed E-state index contributed by atoms with van der Waals surface area (Å²) >= 11 is 0. The van der Waals surface area contributed by atoms with Gasteiger partial charge in [-0.1, -0.05) is 18.2 Å². The molecular formula is C15H12N4O4S. The van der Waals surface area contributed by atoms with Crippen LogP contribution in [0, 0.1) is 10.1 Å². The van der Waals surface area contributed by atoms with E-state index in [1.54, 1.807) is 36.8 Å². The summed E-state index contributed by atoms with van der Waals surface area (Å²) in [5, 5.41) is 10.8. The average Bonchev–Trinajstić information content (AvgIpc) is 3.10. The fourth-order valence-corrected chi connectivity index (χ4v) is 3.21. The summed E-state index contributed by atoms with van der Waals surface area (Å²) in [6.07, 6.45) is 3.20. The first-order valence-corrected chi connectivity index (χ1v) is 8.30. The number of aromatic amines is 1. The van der Waals surface area contributed by atoms with E-state index in [2.05, 4.69) is 14.7 Å². The van der Waals surface area contributed by atoms with Gasteiger partial charge >= 0.3 is 0 Å². The van der Waals surface area contributed by atoms with Crippen LogP contribution in [0.5, 0.6) is 0 Å². The summed E-state index contributed by atoms with van der Waals surface area (Å²) in [5.74, 6) is 0. The number of rotatable bonds is 5. The number of H-pyrrole nitrogens is 1. The fourth-order valence-electron chi connectivity index (χ4n) is 2.11. The van der Waals surface area contributed by atoms with Crippen molar-refractivity contribution in [3.8, 4) is 11.3 Å². The molecule has 9 heteroatoms. The zero-order valence-corrected chi connectivity index (χ0v) is 13.0. The molecule has 0 bridgehead atoms. The van der Waals surface area contributed by atoms with E-state index in [-0.39, 0.29) is 10.6 Å². The van der Waals surface area contributed by atoms with E-state index < -0.39 is 14.9 Å². The highest BCUT2D eigenvalue weighted by molar-refractivity contribution is 7.92. The molecule has 0 saturated carbocycles. The molecule has 0 unspecified atom stereocenters. The quantitative estimate of drug-likeness (QED) is 0.545. The third-order valence-electron chi connectivity index (χ3n) is 3.29. The maximum atomic E-state index is 12.3. The van der Waals surface area contributed by atoms with Crippen molar-refractivity contribution >= 4 is 21.4 Å². The minimum atomic E-state index is -3.91. The second-order valence-electron chi connectivity index (χ2n) is 4.90. The molecule has 2 N–H and O–H groups in total. The molecule has 24 heavy (non-hydrogen) atoms. The van der Waals surface area contributed by atoms with Crippen molar-refractivity contribution in [2.45, 2.75) is 4.90 Å². The van der Waals surface area contributed by atoms with Gasteiger partial charge in [0.15, 0.2) is 0 Å². The lowest BCUT2D eigenvalue weighted by atomic mass is 10.1. The molecule has 0 fully saturated rings. The summed E-state index contributed by atoms with van der Waals surface area (Å²) in [5.41, 5.74) is 1.73. The Kier molecular flexibility index (Phi) is 4.00. The van der Waals surface area contributed by atoms with Crippen LogP contribution >= 0.6 is 0 Å². The van der Waals surface area contributed by atoms with Crippen molar-refractivity contribution in [2.75, 3.05) is 4.72 Å². The highest BCUT2D eigenvalue weighted by atomic mass is 32.2. The van der Waals surface area contributed by atoms with E-state index in [4.69, 9.17) is 0 Å². The zero-order chi connectivity index (χ0) is 17.2. The Morgan fingerprint density at radius 3 is 2.50 bits per heavy atom. The van der Waals surface area contributed by atoms with Gasteiger partial charge in [0.1, 0.15) is 0 Å². The monoisotopic (exact) mass is 344 g/mol. The predicted molar refractivity (Wildman–Crippen MR) is 87.9 cm³/mol. The Bertz CT molecular complexity index is 967. The molecule has 2 aromatic carbocycles. The number of imidazole rings is 1. The highest BCUT2D eigenvalue weighted by Gasteiger charge is 2.17. The molecule has 0 aliphatic carbocycles. The lowest BCUT2D eigenvalue weighted by Gasteiger charge is -2.08. The van der Waals surface area contributed by atoms with Crippen LogP contribution in [0.3, 0.4) is 0 Å². The first-order valence-electron chi connectivity index (χ1n) is 6.82. The average molecular weight is 344 g/mol. The molecule has 0 atom stereocenters. The summed E-state index contributed by atoms with van der Waals surface area (Å²) in [7, 11) is -3.91. The molecule has 122 valence electrons. The first-order chi connectivity index (χ1) is 11.5. The minimum absolute atomic E-state index is 0.172. The maximum absolute atomic E-state index is 12.3. The van der Waals surface area contributed by atoms with Gasteiger partial charge in [0, 0.05) is 17.8 Å². The summed E-state index contributed by atoms with van der Waals surface area (Å²) in [6.45, 7) is 0. The number of non-ortho nitro benzene ring substituents is 1. The van der Waals surface area contributed by atoms with Gasteiger partial charge in [-0.05, 0) is 23.8 Å². The summed E-state index contributed by atoms with van der Waals surface area (Å²) < 4.78 is 27.1. The number of nitrogens with zero attached hydrogens (tertiary/aromatic N) is 2. The molecule has 8 nitrogen and oxygen atoms in total. The van der Waals surface area contributed by atoms with Gasteiger partial charge in [-0.25, -0.2) is 13.4 Å². The van der Waals surface area contributed by atoms with Crippen LogP contribution in [0.1, 0.15) is 0 Å². The van der Waals surface area contributed by atoms with E-state index in [9.17, 15) is 18.5 Å². The molecule has 0 amide bonds. The van der Waals surface area contributed by atoms with Gasteiger partial charge in [0.25, 0.3) is 15.7 Å². The van der Waals surface area contributed by atoms with Crippen molar-refractivity contribution in [3.63, 3.8) is 0 Å². The third-order valence-corrected chi connectivity index (χ3v) is 4.66. The van der Waals surface area contributed by atoms with Crippen molar-refractivity contribution in [2.24, 2.45) is 0 Å². The lowest BCUT2D eigenvalue weighted by molar-refractivity contribution is -0.385. The Hall–Kier alpha value is -3.20. The molecular weight excluding hydrogens is 332 g/mol. The molecule has 0 aliphatic heterocycles. The van der Waals surface area contributed by atoms with Crippen LogP contribution in [0.2, 0.25) is 0 Å². The number of nitrogens with one attached hydrogen (secondary N) is 2. The van der Waals surface area contributed by atoms with Gasteiger partial charge in [-0.3, -0.25) is 14.8 Å². The van der Waals surface area contributed by atoms with Crippen LogP contribution in [0.15, 0.2) is 66.0 Å². The third kappa shape index (κ3) is 3.25. The van der Waals surface area contributed by atoms with Crippen LogP contribution < -0.4 is 4.72 Å². The van der Waals surface area contributed by atoms with Crippen molar-refractivity contribution in [1.29, 1.82) is 0 Å². The normalized spacial score (nSPS) is 11.2. The topological polar surface area (TPSA) is 118 Å².